The van der Waals surface area contributed by atoms with Crippen molar-refractivity contribution in [3.63, 3.8) is 0 Å². The molecular formula is C14H22N2O. The summed E-state index contributed by atoms with van der Waals surface area (Å²) >= 11 is 0. The fourth-order valence-corrected chi connectivity index (χ4v) is 2.26. The predicted octanol–water partition coefficient (Wildman–Crippen LogP) is 1.97. The molecule has 2 rings (SSSR count). The summed E-state index contributed by atoms with van der Waals surface area (Å²) in [5.74, 6) is 0.848. The van der Waals surface area contributed by atoms with Crippen LogP contribution in [0, 0.1) is 0 Å². The van der Waals surface area contributed by atoms with Gasteiger partial charge in [-0.2, -0.15) is 0 Å². The minimum absolute atomic E-state index is 0.133. The van der Waals surface area contributed by atoms with Gasteiger partial charge in [0.05, 0.1) is 0 Å². The number of fused-ring (bicyclic) bond motifs is 1. The van der Waals surface area contributed by atoms with E-state index in [1.54, 1.807) is 6.07 Å². The van der Waals surface area contributed by atoms with Crippen LogP contribution in [0.2, 0.25) is 0 Å². The fourth-order valence-electron chi connectivity index (χ4n) is 2.26. The lowest BCUT2D eigenvalue weighted by atomic mass is 9.89. The van der Waals surface area contributed by atoms with Crippen LogP contribution in [0.15, 0.2) is 18.2 Å². The molecule has 0 aliphatic carbocycles. The van der Waals surface area contributed by atoms with Gasteiger partial charge in [-0.3, -0.25) is 0 Å². The minimum Gasteiger partial charge on any atom is -0.508 e. The van der Waals surface area contributed by atoms with Gasteiger partial charge in [-0.15, -0.1) is 0 Å². The van der Waals surface area contributed by atoms with Gasteiger partial charge in [0.2, 0.25) is 0 Å². The first-order chi connectivity index (χ1) is 7.97. The van der Waals surface area contributed by atoms with Gasteiger partial charge in [0.15, 0.2) is 0 Å². The molecule has 94 valence electrons. The predicted molar refractivity (Wildman–Crippen MR) is 70.3 cm³/mol. The Kier molecular flexibility index (Phi) is 3.40. The second kappa shape index (κ2) is 4.67. The zero-order chi connectivity index (χ0) is 12.5. The standard InChI is InChI=1S/C14H22N2O/c1-14(2,3)16-8-10-7-15-9-12-11(10)5-4-6-13(12)17/h4-6,10,15-17H,7-9H2,1-3H3. The molecule has 3 N–H and O–H groups in total. The van der Waals surface area contributed by atoms with Crippen LogP contribution < -0.4 is 10.6 Å². The highest BCUT2D eigenvalue weighted by Gasteiger charge is 2.23. The molecule has 1 aliphatic rings. The third-order valence-corrected chi connectivity index (χ3v) is 3.20. The number of nitrogens with one attached hydrogen (secondary N) is 2. The number of hydrogen-bond acceptors (Lipinski definition) is 3. The molecule has 0 radical (unpaired) electrons. The zero-order valence-electron chi connectivity index (χ0n) is 10.9. The summed E-state index contributed by atoms with van der Waals surface area (Å²) in [4.78, 5) is 0. The highest BCUT2D eigenvalue weighted by molar-refractivity contribution is 5.42. The van der Waals surface area contributed by atoms with Crippen LogP contribution >= 0.6 is 0 Å². The van der Waals surface area contributed by atoms with E-state index < -0.39 is 0 Å². The lowest BCUT2D eigenvalue weighted by Gasteiger charge is -2.30. The van der Waals surface area contributed by atoms with Crippen molar-refractivity contribution >= 4 is 0 Å². The molecule has 1 aromatic rings. The molecule has 0 saturated heterocycles. The van der Waals surface area contributed by atoms with Crippen molar-refractivity contribution in [1.29, 1.82) is 0 Å². The maximum absolute atomic E-state index is 9.84. The molecule has 17 heavy (non-hydrogen) atoms. The Morgan fingerprint density at radius 2 is 2.18 bits per heavy atom. The van der Waals surface area contributed by atoms with E-state index in [0.717, 1.165) is 25.2 Å². The highest BCUT2D eigenvalue weighted by atomic mass is 16.3. The van der Waals surface area contributed by atoms with E-state index in [9.17, 15) is 5.11 Å². The molecule has 0 fully saturated rings. The summed E-state index contributed by atoms with van der Waals surface area (Å²) in [6, 6.07) is 5.83. The molecule has 3 heteroatoms. The Morgan fingerprint density at radius 1 is 1.41 bits per heavy atom. The molecule has 3 nitrogen and oxygen atoms in total. The lowest BCUT2D eigenvalue weighted by Crippen LogP contribution is -2.42. The van der Waals surface area contributed by atoms with Gasteiger partial charge < -0.3 is 15.7 Å². The van der Waals surface area contributed by atoms with E-state index in [0.29, 0.717) is 11.7 Å². The maximum Gasteiger partial charge on any atom is 0.120 e. The van der Waals surface area contributed by atoms with Gasteiger partial charge in [0, 0.05) is 36.7 Å². The first-order valence-corrected chi connectivity index (χ1v) is 6.24. The smallest absolute Gasteiger partial charge is 0.120 e. The van der Waals surface area contributed by atoms with Gasteiger partial charge in [-0.1, -0.05) is 12.1 Å². The Hall–Kier alpha value is -1.06. The number of rotatable bonds is 2. The molecule has 1 atom stereocenters. The van der Waals surface area contributed by atoms with E-state index in [2.05, 4.69) is 37.5 Å². The third-order valence-electron chi connectivity index (χ3n) is 3.20. The van der Waals surface area contributed by atoms with Gasteiger partial charge >= 0.3 is 0 Å². The summed E-state index contributed by atoms with van der Waals surface area (Å²) in [7, 11) is 0. The van der Waals surface area contributed by atoms with Gasteiger partial charge in [-0.25, -0.2) is 0 Å². The molecular weight excluding hydrogens is 212 g/mol. The van der Waals surface area contributed by atoms with Crippen LogP contribution in [-0.2, 0) is 6.54 Å². The van der Waals surface area contributed by atoms with Crippen molar-refractivity contribution in [2.24, 2.45) is 0 Å². The number of aromatic hydroxyl groups is 1. The van der Waals surface area contributed by atoms with E-state index in [-0.39, 0.29) is 5.54 Å². The number of phenolic OH excluding ortho intramolecular Hbond substituents is 1. The molecule has 1 heterocycles. The first-order valence-electron chi connectivity index (χ1n) is 6.24. The molecule has 1 aliphatic heterocycles. The summed E-state index contributed by atoms with van der Waals surface area (Å²) in [5, 5.41) is 16.7. The molecule has 0 aromatic heterocycles. The number of benzene rings is 1. The van der Waals surface area contributed by atoms with E-state index >= 15 is 0 Å². The van der Waals surface area contributed by atoms with Crippen molar-refractivity contribution in [1.82, 2.24) is 10.6 Å². The van der Waals surface area contributed by atoms with Gasteiger partial charge in [0.1, 0.15) is 5.75 Å². The molecule has 0 amide bonds. The lowest BCUT2D eigenvalue weighted by molar-refractivity contribution is 0.387. The Balaban J connectivity index is 2.15. The Labute approximate surface area is 103 Å². The SMILES string of the molecule is CC(C)(C)NCC1CNCc2c(O)cccc21. The van der Waals surface area contributed by atoms with Crippen LogP contribution in [0.3, 0.4) is 0 Å². The van der Waals surface area contributed by atoms with Gasteiger partial charge in [-0.05, 0) is 32.4 Å². The van der Waals surface area contributed by atoms with Crippen LogP contribution in [0.5, 0.6) is 5.75 Å². The van der Waals surface area contributed by atoms with Crippen LogP contribution in [-0.4, -0.2) is 23.7 Å². The van der Waals surface area contributed by atoms with Crippen molar-refractivity contribution in [3.05, 3.63) is 29.3 Å². The Bertz CT molecular complexity index is 396. The second-order valence-electron chi connectivity index (χ2n) is 5.80. The average Bonchev–Trinajstić information content (AvgIpc) is 2.26. The van der Waals surface area contributed by atoms with E-state index in [4.69, 9.17) is 0 Å². The van der Waals surface area contributed by atoms with Crippen molar-refractivity contribution in [3.8, 4) is 5.75 Å². The summed E-state index contributed by atoms with van der Waals surface area (Å²) in [6.45, 7) is 9.20. The second-order valence-corrected chi connectivity index (χ2v) is 5.80. The minimum atomic E-state index is 0.133. The topological polar surface area (TPSA) is 44.3 Å². The van der Waals surface area contributed by atoms with Crippen molar-refractivity contribution in [2.75, 3.05) is 13.1 Å². The molecule has 1 aromatic carbocycles. The largest absolute Gasteiger partial charge is 0.508 e. The van der Waals surface area contributed by atoms with Crippen LogP contribution in [0.1, 0.15) is 37.8 Å². The summed E-state index contributed by atoms with van der Waals surface area (Å²) in [5.41, 5.74) is 2.47. The summed E-state index contributed by atoms with van der Waals surface area (Å²) < 4.78 is 0. The number of phenols is 1. The van der Waals surface area contributed by atoms with Crippen molar-refractivity contribution in [2.45, 2.75) is 38.8 Å². The quantitative estimate of drug-likeness (QED) is 0.733. The first kappa shape index (κ1) is 12.4. The van der Waals surface area contributed by atoms with E-state index in [1.807, 2.05) is 6.07 Å². The normalized spacial score (nSPS) is 20.1. The van der Waals surface area contributed by atoms with Crippen LogP contribution in [0.4, 0.5) is 0 Å². The van der Waals surface area contributed by atoms with Crippen molar-refractivity contribution < 1.29 is 5.11 Å². The molecule has 0 saturated carbocycles. The van der Waals surface area contributed by atoms with Gasteiger partial charge in [0.25, 0.3) is 0 Å². The molecule has 1 unspecified atom stereocenters. The Morgan fingerprint density at radius 3 is 2.88 bits per heavy atom. The maximum atomic E-state index is 9.84. The summed E-state index contributed by atoms with van der Waals surface area (Å²) in [6.07, 6.45) is 0. The highest BCUT2D eigenvalue weighted by Crippen LogP contribution is 2.29. The average molecular weight is 234 g/mol. The molecule has 0 bridgehead atoms. The van der Waals surface area contributed by atoms with E-state index in [1.165, 1.54) is 5.56 Å². The fraction of sp³-hybridized carbons (Fsp3) is 0.571. The molecule has 0 spiro atoms. The zero-order valence-corrected chi connectivity index (χ0v) is 10.9. The monoisotopic (exact) mass is 234 g/mol. The third kappa shape index (κ3) is 2.99. The number of hydrogen-bond donors (Lipinski definition) is 3. The van der Waals surface area contributed by atoms with Crippen LogP contribution in [0.25, 0.3) is 0 Å².